The van der Waals surface area contributed by atoms with Crippen molar-refractivity contribution < 1.29 is 22.4 Å². The molecule has 3 heteroatoms. The van der Waals surface area contributed by atoms with Crippen LogP contribution in [0.4, 0.5) is 0 Å². The molecule has 0 unspecified atom stereocenters. The summed E-state index contributed by atoms with van der Waals surface area (Å²) >= 11 is 0. The van der Waals surface area contributed by atoms with E-state index in [0.717, 1.165) is 11.0 Å². The summed E-state index contributed by atoms with van der Waals surface area (Å²) < 4.78 is 0.976. The van der Waals surface area contributed by atoms with Gasteiger partial charge in [-0.1, -0.05) is 6.58 Å². The lowest BCUT2D eigenvalue weighted by Crippen LogP contribution is -3.00. The molecule has 0 rings (SSSR count). The maximum atomic E-state index is 3.63. The van der Waals surface area contributed by atoms with Crippen molar-refractivity contribution in [2.45, 2.75) is 0 Å². The van der Waals surface area contributed by atoms with Crippen LogP contribution in [0.5, 0.6) is 0 Å². The molecule has 0 aromatic rings. The number of nitrogens with zero attached hydrogens (tertiary/aromatic N) is 1. The van der Waals surface area contributed by atoms with Crippen LogP contribution >= 0.6 is 0 Å². The summed E-state index contributed by atoms with van der Waals surface area (Å²) in [6.45, 7) is 4.67. The zero-order valence-corrected chi connectivity index (χ0v) is 7.07. The van der Waals surface area contributed by atoms with E-state index in [-0.39, 0.29) is 17.9 Å². The van der Waals surface area contributed by atoms with Crippen molar-refractivity contribution in [2.24, 2.45) is 0 Å². The van der Waals surface area contributed by atoms with Crippen LogP contribution in [-0.4, -0.2) is 37.6 Å². The third-order valence-corrected chi connectivity index (χ3v) is 0.677. The van der Waals surface area contributed by atoms with Gasteiger partial charge in [0.05, 0.1) is 27.7 Å². The van der Waals surface area contributed by atoms with Gasteiger partial charge in [-0.3, -0.25) is 0 Å². The Morgan fingerprint density at radius 3 is 1.67 bits per heavy atom. The van der Waals surface area contributed by atoms with E-state index in [1.807, 2.05) is 6.08 Å². The molecule has 0 saturated heterocycles. The highest BCUT2D eigenvalue weighted by Gasteiger charge is 1.99. The quantitative estimate of drug-likeness (QED) is 0.301. The van der Waals surface area contributed by atoms with Crippen LogP contribution in [0.15, 0.2) is 12.7 Å². The zero-order valence-electron chi connectivity index (χ0n) is 6.32. The number of halogens is 1. The minimum Gasteiger partial charge on any atom is -1.00 e. The Kier molecular flexibility index (Phi) is 10.8. The van der Waals surface area contributed by atoms with E-state index in [0.29, 0.717) is 0 Å². The third-order valence-electron chi connectivity index (χ3n) is 0.677. The Labute approximate surface area is 63.5 Å². The number of rotatable bonds is 2. The van der Waals surface area contributed by atoms with Crippen molar-refractivity contribution in [3.05, 3.63) is 12.7 Å². The maximum Gasteiger partial charge on any atom is 0.0964 e. The second-order valence-corrected chi connectivity index (χ2v) is 2.76. The van der Waals surface area contributed by atoms with Gasteiger partial charge in [0, 0.05) is 0 Å². The molecule has 0 atom stereocenters. The van der Waals surface area contributed by atoms with Crippen molar-refractivity contribution >= 4 is 0 Å². The summed E-state index contributed by atoms with van der Waals surface area (Å²) in [5.41, 5.74) is 0. The van der Waals surface area contributed by atoms with E-state index in [1.54, 1.807) is 0 Å². The first-order chi connectivity index (χ1) is 3.06. The summed E-state index contributed by atoms with van der Waals surface area (Å²) in [7, 11) is 6.42. The normalized spacial score (nSPS) is 8.78. The standard InChI is InChI=1S/C6H14N.ClH.H2O/c1-5-6-7(2,3)4;;/h5H,1,6H2,2-4H3;1H;1H2/q+1;;/p-1. The second-order valence-electron chi connectivity index (χ2n) is 2.76. The van der Waals surface area contributed by atoms with Gasteiger partial charge in [0.1, 0.15) is 0 Å². The highest BCUT2D eigenvalue weighted by molar-refractivity contribution is 4.63. The van der Waals surface area contributed by atoms with E-state index in [1.165, 1.54) is 0 Å². The van der Waals surface area contributed by atoms with Gasteiger partial charge in [0.25, 0.3) is 0 Å². The van der Waals surface area contributed by atoms with Gasteiger partial charge < -0.3 is 22.4 Å². The fourth-order valence-electron chi connectivity index (χ4n) is 0.387. The van der Waals surface area contributed by atoms with E-state index in [9.17, 15) is 0 Å². The molecule has 0 aliphatic carbocycles. The summed E-state index contributed by atoms with van der Waals surface area (Å²) in [6, 6.07) is 0. The Balaban J connectivity index is -0.000000180. The van der Waals surface area contributed by atoms with Crippen LogP contribution in [0, 0.1) is 0 Å². The van der Waals surface area contributed by atoms with Gasteiger partial charge in [-0.25, -0.2) is 0 Å². The first-order valence-corrected chi connectivity index (χ1v) is 2.47. The van der Waals surface area contributed by atoms with Crippen molar-refractivity contribution in [3.63, 3.8) is 0 Å². The molecule has 0 aliphatic heterocycles. The van der Waals surface area contributed by atoms with Crippen LogP contribution < -0.4 is 12.4 Å². The molecule has 0 aromatic heterocycles. The molecule has 2 N–H and O–H groups in total. The average molecular weight is 154 g/mol. The lowest BCUT2D eigenvalue weighted by Gasteiger charge is -2.21. The minimum absolute atomic E-state index is 0. The molecule has 2 nitrogen and oxygen atoms in total. The van der Waals surface area contributed by atoms with Crippen molar-refractivity contribution in [2.75, 3.05) is 27.7 Å². The van der Waals surface area contributed by atoms with Crippen LogP contribution in [0.25, 0.3) is 0 Å². The third kappa shape index (κ3) is 18.0. The van der Waals surface area contributed by atoms with Crippen LogP contribution in [0.2, 0.25) is 0 Å². The molecule has 0 aliphatic rings. The predicted molar refractivity (Wildman–Crippen MR) is 36.7 cm³/mol. The van der Waals surface area contributed by atoms with E-state index in [2.05, 4.69) is 27.7 Å². The molecule has 9 heavy (non-hydrogen) atoms. The topological polar surface area (TPSA) is 31.5 Å². The van der Waals surface area contributed by atoms with Gasteiger partial charge in [0.15, 0.2) is 0 Å². The lowest BCUT2D eigenvalue weighted by molar-refractivity contribution is -0.864. The summed E-state index contributed by atoms with van der Waals surface area (Å²) in [5.74, 6) is 0. The van der Waals surface area contributed by atoms with Gasteiger partial charge in [-0.2, -0.15) is 0 Å². The second kappa shape index (κ2) is 6.08. The summed E-state index contributed by atoms with van der Waals surface area (Å²) in [6.07, 6.45) is 1.93. The Morgan fingerprint density at radius 1 is 1.33 bits per heavy atom. The first kappa shape index (κ1) is 16.0. The molecule has 0 saturated carbocycles. The highest BCUT2D eigenvalue weighted by Crippen LogP contribution is 1.86. The molecule has 0 fully saturated rings. The SMILES string of the molecule is C=CC[N+](C)(C)C.O.[Cl-]. The van der Waals surface area contributed by atoms with Crippen LogP contribution in [-0.2, 0) is 0 Å². The number of quaternary nitrogens is 1. The Hall–Kier alpha value is -0.0500. The van der Waals surface area contributed by atoms with Gasteiger partial charge in [-0.05, 0) is 6.08 Å². The predicted octanol–water partition coefficient (Wildman–Crippen LogP) is -2.94. The molecule has 0 aromatic carbocycles. The highest BCUT2D eigenvalue weighted by atomic mass is 35.5. The van der Waals surface area contributed by atoms with Crippen molar-refractivity contribution in [1.82, 2.24) is 0 Å². The van der Waals surface area contributed by atoms with Crippen molar-refractivity contribution in [1.29, 1.82) is 0 Å². The van der Waals surface area contributed by atoms with Gasteiger partial charge in [0.2, 0.25) is 0 Å². The van der Waals surface area contributed by atoms with Crippen LogP contribution in [0.3, 0.4) is 0 Å². The van der Waals surface area contributed by atoms with E-state index in [4.69, 9.17) is 0 Å². The molecular formula is C6H16ClNO. The molecule has 0 spiro atoms. The monoisotopic (exact) mass is 153 g/mol. The number of hydrogen-bond acceptors (Lipinski definition) is 0. The maximum absolute atomic E-state index is 3.63. The molecule has 0 bridgehead atoms. The zero-order chi connectivity index (χ0) is 5.91. The molecule has 0 radical (unpaired) electrons. The molecule has 58 valence electrons. The van der Waals surface area contributed by atoms with Crippen LogP contribution in [0.1, 0.15) is 0 Å². The largest absolute Gasteiger partial charge is 1.00 e. The summed E-state index contributed by atoms with van der Waals surface area (Å²) in [5, 5.41) is 0. The molecule has 0 amide bonds. The fourth-order valence-corrected chi connectivity index (χ4v) is 0.387. The number of hydrogen-bond donors (Lipinski definition) is 0. The number of likely N-dealkylation sites (N-methyl/N-ethyl adjacent to an activating group) is 1. The average Bonchev–Trinajstić information content (AvgIpc) is 1.30. The van der Waals surface area contributed by atoms with Crippen molar-refractivity contribution in [3.8, 4) is 0 Å². The van der Waals surface area contributed by atoms with Gasteiger partial charge in [-0.15, -0.1) is 0 Å². The first-order valence-electron chi connectivity index (χ1n) is 2.47. The minimum atomic E-state index is 0. The smallest absolute Gasteiger partial charge is 0.0964 e. The van der Waals surface area contributed by atoms with E-state index >= 15 is 0 Å². The fraction of sp³-hybridized carbons (Fsp3) is 0.667. The summed E-state index contributed by atoms with van der Waals surface area (Å²) in [4.78, 5) is 0. The Morgan fingerprint density at radius 2 is 1.67 bits per heavy atom. The Bertz CT molecular complexity index is 67.9. The molecular weight excluding hydrogens is 138 g/mol. The lowest BCUT2D eigenvalue weighted by atomic mass is 10.5. The van der Waals surface area contributed by atoms with Gasteiger partial charge >= 0.3 is 0 Å². The molecule has 0 heterocycles. The van der Waals surface area contributed by atoms with E-state index < -0.39 is 0 Å².